The third-order valence-electron chi connectivity index (χ3n) is 3.73. The third kappa shape index (κ3) is 3.84. The van der Waals surface area contributed by atoms with Crippen LogP contribution in [0.4, 0.5) is 0 Å². The van der Waals surface area contributed by atoms with Gasteiger partial charge in [0.1, 0.15) is 0 Å². The molecule has 1 aromatic carbocycles. The van der Waals surface area contributed by atoms with E-state index in [0.717, 1.165) is 24.8 Å². The molecule has 0 aliphatic rings. The van der Waals surface area contributed by atoms with Crippen molar-refractivity contribution in [2.24, 2.45) is 0 Å². The lowest BCUT2D eigenvalue weighted by Gasteiger charge is -2.02. The summed E-state index contributed by atoms with van der Waals surface area (Å²) in [7, 11) is 0. The van der Waals surface area contributed by atoms with Gasteiger partial charge in [-0.1, -0.05) is 45.1 Å². The Morgan fingerprint density at radius 1 is 1.14 bits per heavy atom. The Balaban J connectivity index is 1.99. The van der Waals surface area contributed by atoms with Gasteiger partial charge in [-0.05, 0) is 31.0 Å². The van der Waals surface area contributed by atoms with Gasteiger partial charge in [-0.3, -0.25) is 4.79 Å². The number of hydrogen-bond donors (Lipinski definition) is 0. The van der Waals surface area contributed by atoms with Crippen LogP contribution in [0.15, 0.2) is 27.4 Å². The van der Waals surface area contributed by atoms with Gasteiger partial charge in [0.15, 0.2) is 5.58 Å². The van der Waals surface area contributed by atoms with Crippen molar-refractivity contribution in [3.63, 3.8) is 0 Å². The number of nitrogens with zero attached hydrogens (tertiary/aromatic N) is 1. The number of rotatable bonds is 7. The largest absolute Gasteiger partial charge is 0.426 e. The molecule has 1 aromatic heterocycles. The maximum atomic E-state index is 12.2. The Labute approximate surface area is 124 Å². The Bertz CT molecular complexity index is 666. The Hall–Kier alpha value is -1.84. The molecule has 0 amide bonds. The van der Waals surface area contributed by atoms with Crippen LogP contribution in [0, 0.1) is 6.92 Å². The summed E-state index contributed by atoms with van der Waals surface area (Å²) in [4.78, 5) is 24.1. The number of fused-ring (bicyclic) bond motifs is 1. The first-order valence-corrected chi connectivity index (χ1v) is 7.79. The fourth-order valence-corrected chi connectivity index (χ4v) is 2.53. The summed E-state index contributed by atoms with van der Waals surface area (Å²) in [5, 5.41) is 0. The van der Waals surface area contributed by atoms with Crippen molar-refractivity contribution in [3.05, 3.63) is 34.3 Å². The topological polar surface area (TPSA) is 52.2 Å². The molecule has 4 heteroatoms. The van der Waals surface area contributed by atoms with Gasteiger partial charge in [-0.2, -0.15) is 0 Å². The highest BCUT2D eigenvalue weighted by Crippen LogP contribution is 2.16. The molecule has 0 saturated carbocycles. The van der Waals surface area contributed by atoms with E-state index in [9.17, 15) is 9.59 Å². The van der Waals surface area contributed by atoms with E-state index in [4.69, 9.17) is 4.42 Å². The molecule has 0 radical (unpaired) electrons. The second-order valence-electron chi connectivity index (χ2n) is 5.59. The number of aromatic nitrogens is 1. The van der Waals surface area contributed by atoms with Crippen molar-refractivity contribution < 1.29 is 9.21 Å². The molecule has 114 valence electrons. The monoisotopic (exact) mass is 289 g/mol. The minimum absolute atomic E-state index is 0.168. The fourth-order valence-electron chi connectivity index (χ4n) is 2.53. The fraction of sp³-hybridized carbons (Fsp3) is 0.529. The summed E-state index contributed by atoms with van der Waals surface area (Å²) < 4.78 is 6.31. The first kappa shape index (κ1) is 15.5. The number of carbonyl (C=O) groups is 1. The van der Waals surface area contributed by atoms with Crippen LogP contribution in [-0.2, 0) is 0 Å². The van der Waals surface area contributed by atoms with Gasteiger partial charge in [-0.25, -0.2) is 9.36 Å². The second kappa shape index (κ2) is 7.25. The van der Waals surface area contributed by atoms with Crippen LogP contribution in [0.25, 0.3) is 11.1 Å². The van der Waals surface area contributed by atoms with Crippen molar-refractivity contribution >= 4 is 17.0 Å². The summed E-state index contributed by atoms with van der Waals surface area (Å²) >= 11 is 0. The Morgan fingerprint density at radius 2 is 1.86 bits per heavy atom. The van der Waals surface area contributed by atoms with E-state index in [2.05, 4.69) is 6.92 Å². The minimum Gasteiger partial charge on any atom is -0.407 e. The number of unbranched alkanes of at least 4 members (excludes halogenated alkanes) is 5. The number of aryl methyl sites for hydroxylation is 1. The van der Waals surface area contributed by atoms with Gasteiger partial charge in [0.2, 0.25) is 5.91 Å². The second-order valence-corrected chi connectivity index (χ2v) is 5.59. The lowest BCUT2D eigenvalue weighted by Crippen LogP contribution is -2.22. The Morgan fingerprint density at radius 3 is 2.62 bits per heavy atom. The first-order valence-electron chi connectivity index (χ1n) is 7.79. The van der Waals surface area contributed by atoms with Gasteiger partial charge in [-0.15, -0.1) is 0 Å². The highest BCUT2D eigenvalue weighted by molar-refractivity contribution is 5.89. The lowest BCUT2D eigenvalue weighted by atomic mass is 10.1. The summed E-state index contributed by atoms with van der Waals surface area (Å²) in [6.45, 7) is 4.11. The summed E-state index contributed by atoms with van der Waals surface area (Å²) in [6, 6.07) is 5.44. The van der Waals surface area contributed by atoms with E-state index < -0.39 is 5.76 Å². The average molecular weight is 289 g/mol. The molecule has 4 nitrogen and oxygen atoms in total. The van der Waals surface area contributed by atoms with Crippen molar-refractivity contribution in [2.45, 2.75) is 58.8 Å². The summed E-state index contributed by atoms with van der Waals surface area (Å²) in [6.07, 6.45) is 7.10. The number of oxazole rings is 1. The predicted molar refractivity (Wildman–Crippen MR) is 83.8 cm³/mol. The quantitative estimate of drug-likeness (QED) is 0.714. The molecule has 0 saturated heterocycles. The van der Waals surface area contributed by atoms with Crippen molar-refractivity contribution in [1.29, 1.82) is 0 Å². The third-order valence-corrected chi connectivity index (χ3v) is 3.73. The van der Waals surface area contributed by atoms with Crippen LogP contribution in [0.2, 0.25) is 0 Å². The lowest BCUT2D eigenvalue weighted by molar-refractivity contribution is 0.0895. The molecule has 2 rings (SSSR count). The maximum absolute atomic E-state index is 12.2. The standard InChI is InChI=1S/C17H23NO3/c1-3-4-5-6-7-8-9-16(19)18-14-11-10-13(2)12-15(14)21-17(18)20/h10-12H,3-9H2,1-2H3. The van der Waals surface area contributed by atoms with Gasteiger partial charge in [0.05, 0.1) is 5.52 Å². The highest BCUT2D eigenvalue weighted by Gasteiger charge is 2.15. The molecule has 0 aliphatic heterocycles. The van der Waals surface area contributed by atoms with Gasteiger partial charge in [0.25, 0.3) is 0 Å². The van der Waals surface area contributed by atoms with Crippen molar-refractivity contribution in [2.75, 3.05) is 0 Å². The molecule has 0 bridgehead atoms. The zero-order chi connectivity index (χ0) is 15.2. The minimum atomic E-state index is -0.577. The molecule has 0 N–H and O–H groups in total. The number of carbonyl (C=O) groups excluding carboxylic acids is 1. The van der Waals surface area contributed by atoms with Crippen LogP contribution in [-0.4, -0.2) is 10.5 Å². The zero-order valence-electron chi connectivity index (χ0n) is 12.9. The van der Waals surface area contributed by atoms with Crippen molar-refractivity contribution in [3.8, 4) is 0 Å². The van der Waals surface area contributed by atoms with E-state index >= 15 is 0 Å². The molecule has 21 heavy (non-hydrogen) atoms. The first-order chi connectivity index (χ1) is 10.1. The number of hydrogen-bond acceptors (Lipinski definition) is 3. The smallest absolute Gasteiger partial charge is 0.407 e. The van der Waals surface area contributed by atoms with Crippen LogP contribution in [0.3, 0.4) is 0 Å². The molecule has 1 heterocycles. The van der Waals surface area contributed by atoms with Crippen molar-refractivity contribution in [1.82, 2.24) is 4.57 Å². The van der Waals surface area contributed by atoms with E-state index in [1.165, 1.54) is 23.8 Å². The van der Waals surface area contributed by atoms with Crippen LogP contribution in [0.1, 0.15) is 62.2 Å². The summed E-state index contributed by atoms with van der Waals surface area (Å²) in [5.74, 6) is -0.746. The van der Waals surface area contributed by atoms with E-state index in [0.29, 0.717) is 17.5 Å². The van der Waals surface area contributed by atoms with Gasteiger partial charge >= 0.3 is 5.76 Å². The van der Waals surface area contributed by atoms with E-state index in [-0.39, 0.29) is 5.91 Å². The molecule has 2 aromatic rings. The predicted octanol–water partition coefficient (Wildman–Crippen LogP) is 4.29. The van der Waals surface area contributed by atoms with Gasteiger partial charge < -0.3 is 4.42 Å². The van der Waals surface area contributed by atoms with Crippen LogP contribution < -0.4 is 5.76 Å². The number of benzene rings is 1. The average Bonchev–Trinajstić information content (AvgIpc) is 2.77. The molecule has 0 unspecified atom stereocenters. The molecule has 0 atom stereocenters. The highest BCUT2D eigenvalue weighted by atomic mass is 16.4. The summed E-state index contributed by atoms with van der Waals surface area (Å²) in [5.41, 5.74) is 2.06. The molecule has 0 fully saturated rings. The van der Waals surface area contributed by atoms with E-state index in [1.54, 1.807) is 12.1 Å². The van der Waals surface area contributed by atoms with Crippen LogP contribution >= 0.6 is 0 Å². The molecule has 0 aliphatic carbocycles. The van der Waals surface area contributed by atoms with E-state index in [1.807, 2.05) is 13.0 Å². The SMILES string of the molecule is CCCCCCCCC(=O)n1c(=O)oc2cc(C)ccc21. The van der Waals surface area contributed by atoms with Gasteiger partial charge in [0, 0.05) is 6.42 Å². The van der Waals surface area contributed by atoms with Crippen LogP contribution in [0.5, 0.6) is 0 Å². The Kier molecular flexibility index (Phi) is 5.37. The zero-order valence-corrected chi connectivity index (χ0v) is 12.9. The normalized spacial score (nSPS) is 11.1. The maximum Gasteiger partial charge on any atom is 0.426 e. The molecular formula is C17H23NO3. The molecular weight excluding hydrogens is 266 g/mol. The molecule has 0 spiro atoms.